The highest BCUT2D eigenvalue weighted by Gasteiger charge is 2.27. The molecule has 2 aromatic rings. The van der Waals surface area contributed by atoms with Crippen LogP contribution in [0.5, 0.6) is 5.75 Å². The topological polar surface area (TPSA) is 73.1 Å². The van der Waals surface area contributed by atoms with Crippen molar-refractivity contribution in [3.8, 4) is 5.75 Å². The van der Waals surface area contributed by atoms with Crippen LogP contribution in [0.15, 0.2) is 42.2 Å². The van der Waals surface area contributed by atoms with Crippen LogP contribution < -0.4 is 15.8 Å². The fraction of sp³-hybridized carbons (Fsp3) is 0.417. The lowest BCUT2D eigenvalue weighted by Gasteiger charge is -2.21. The van der Waals surface area contributed by atoms with Gasteiger partial charge in [0.2, 0.25) is 0 Å². The molecule has 0 saturated carbocycles. The van der Waals surface area contributed by atoms with Crippen molar-refractivity contribution in [3.05, 3.63) is 53.4 Å². The Morgan fingerprint density at radius 2 is 1.93 bits per heavy atom. The fourth-order valence-electron chi connectivity index (χ4n) is 3.38. The summed E-state index contributed by atoms with van der Waals surface area (Å²) >= 11 is 0. The molecule has 2 heterocycles. The number of nitrogens with two attached hydrogens (primary N) is 1. The second kappa shape index (κ2) is 8.27. The maximum atomic E-state index is 5.94. The van der Waals surface area contributed by atoms with Crippen molar-refractivity contribution < 1.29 is 4.74 Å². The molecule has 0 radical (unpaired) electrons. The predicted octanol–water partition coefficient (Wildman–Crippen LogP) is 5.42. The number of nitrogen functional groups attached to an aromatic ring is 1. The number of rotatable bonds is 6. The molecule has 2 aromatic heterocycles. The van der Waals surface area contributed by atoms with Crippen LogP contribution in [0.4, 0.5) is 11.6 Å². The van der Waals surface area contributed by atoms with Gasteiger partial charge < -0.3 is 15.8 Å². The van der Waals surface area contributed by atoms with Gasteiger partial charge in [0, 0.05) is 24.5 Å². The number of allylic oxidation sites excluding steroid dienone is 4. The van der Waals surface area contributed by atoms with E-state index < -0.39 is 0 Å². The van der Waals surface area contributed by atoms with Gasteiger partial charge in [-0.3, -0.25) is 0 Å². The Labute approximate surface area is 174 Å². The number of aromatic nitrogens is 2. The third-order valence-electron chi connectivity index (χ3n) is 5.19. The zero-order valence-electron chi connectivity index (χ0n) is 18.3. The number of hydrogen-bond acceptors (Lipinski definition) is 5. The summed E-state index contributed by atoms with van der Waals surface area (Å²) < 4.78 is 5.41. The van der Waals surface area contributed by atoms with Crippen LogP contribution in [0.1, 0.15) is 52.2 Å². The Balaban J connectivity index is 2.07. The lowest BCUT2D eigenvalue weighted by molar-refractivity contribution is 0.415. The van der Waals surface area contributed by atoms with Crippen LogP contribution >= 0.6 is 0 Å². The Hall–Kier alpha value is -2.82. The van der Waals surface area contributed by atoms with Gasteiger partial charge in [-0.15, -0.1) is 0 Å². The first-order chi connectivity index (χ1) is 13.7. The molecule has 0 fully saturated rings. The van der Waals surface area contributed by atoms with Crippen LogP contribution in [-0.4, -0.2) is 23.6 Å². The summed E-state index contributed by atoms with van der Waals surface area (Å²) in [7, 11) is 1.62. The highest BCUT2D eigenvalue weighted by atomic mass is 16.5. The molecular weight excluding hydrogens is 360 g/mol. The molecule has 0 spiro atoms. The third-order valence-corrected chi connectivity index (χ3v) is 5.19. The summed E-state index contributed by atoms with van der Waals surface area (Å²) in [5.74, 6) is 2.47. The Kier molecular flexibility index (Phi) is 5.96. The summed E-state index contributed by atoms with van der Waals surface area (Å²) in [6.07, 6.45) is 6.91. The molecule has 0 bridgehead atoms. The molecule has 0 aliphatic heterocycles. The first-order valence-corrected chi connectivity index (χ1v) is 10.1. The van der Waals surface area contributed by atoms with E-state index in [0.29, 0.717) is 17.5 Å². The molecule has 154 valence electrons. The van der Waals surface area contributed by atoms with Gasteiger partial charge in [-0.1, -0.05) is 46.3 Å². The van der Waals surface area contributed by atoms with E-state index in [1.165, 1.54) is 16.7 Å². The molecule has 0 aromatic carbocycles. The van der Waals surface area contributed by atoms with E-state index in [4.69, 9.17) is 10.5 Å². The Morgan fingerprint density at radius 1 is 1.17 bits per heavy atom. The van der Waals surface area contributed by atoms with E-state index in [-0.39, 0.29) is 5.41 Å². The highest BCUT2D eigenvalue weighted by molar-refractivity contribution is 6.00. The smallest absolute Gasteiger partial charge is 0.166 e. The van der Waals surface area contributed by atoms with Gasteiger partial charge >= 0.3 is 0 Å². The molecular formula is C24H32N4O. The van der Waals surface area contributed by atoms with Crippen molar-refractivity contribution in [3.63, 3.8) is 0 Å². The SMILES string of the molecule is COc1cc(C2=C(c3ccnc(NCC(C)C)c3)C=C(C(C)(C)C)C2)cnc1N. The lowest BCUT2D eigenvalue weighted by atomic mass is 9.84. The number of nitrogens with one attached hydrogen (secondary N) is 1. The lowest BCUT2D eigenvalue weighted by Crippen LogP contribution is -2.09. The maximum absolute atomic E-state index is 5.94. The summed E-state index contributed by atoms with van der Waals surface area (Å²) in [6.45, 7) is 12.0. The van der Waals surface area contributed by atoms with Gasteiger partial charge in [0.1, 0.15) is 5.82 Å². The summed E-state index contributed by atoms with van der Waals surface area (Å²) in [5.41, 5.74) is 12.1. The summed E-state index contributed by atoms with van der Waals surface area (Å²) in [6, 6.07) is 6.18. The molecule has 0 amide bonds. The summed E-state index contributed by atoms with van der Waals surface area (Å²) in [5, 5.41) is 3.43. The van der Waals surface area contributed by atoms with Crippen LogP contribution in [0, 0.1) is 11.3 Å². The molecule has 1 aliphatic carbocycles. The molecule has 0 saturated heterocycles. The van der Waals surface area contributed by atoms with Gasteiger partial charge in [-0.25, -0.2) is 9.97 Å². The predicted molar refractivity (Wildman–Crippen MR) is 122 cm³/mol. The largest absolute Gasteiger partial charge is 0.493 e. The Morgan fingerprint density at radius 3 is 2.59 bits per heavy atom. The van der Waals surface area contributed by atoms with E-state index >= 15 is 0 Å². The van der Waals surface area contributed by atoms with E-state index in [0.717, 1.165) is 29.9 Å². The second-order valence-corrected chi connectivity index (χ2v) is 9.00. The minimum absolute atomic E-state index is 0.0874. The Bertz CT molecular complexity index is 952. The molecule has 3 N–H and O–H groups in total. The van der Waals surface area contributed by atoms with Gasteiger partial charge in [0.15, 0.2) is 11.6 Å². The minimum atomic E-state index is 0.0874. The van der Waals surface area contributed by atoms with Crippen molar-refractivity contribution in [1.82, 2.24) is 9.97 Å². The second-order valence-electron chi connectivity index (χ2n) is 9.00. The molecule has 5 heteroatoms. The van der Waals surface area contributed by atoms with E-state index in [2.05, 4.69) is 68.1 Å². The number of methoxy groups -OCH3 is 1. The summed E-state index contributed by atoms with van der Waals surface area (Å²) in [4.78, 5) is 8.83. The average Bonchev–Trinajstić information content (AvgIpc) is 3.13. The van der Waals surface area contributed by atoms with Gasteiger partial charge in [-0.05, 0) is 52.7 Å². The van der Waals surface area contributed by atoms with Crippen LogP contribution in [0.2, 0.25) is 0 Å². The molecule has 29 heavy (non-hydrogen) atoms. The van der Waals surface area contributed by atoms with Crippen molar-refractivity contribution in [2.75, 3.05) is 24.7 Å². The quantitative estimate of drug-likeness (QED) is 0.686. The van der Waals surface area contributed by atoms with Crippen LogP contribution in [-0.2, 0) is 0 Å². The number of hydrogen-bond donors (Lipinski definition) is 2. The van der Waals surface area contributed by atoms with Crippen molar-refractivity contribution in [2.45, 2.75) is 41.0 Å². The fourth-order valence-corrected chi connectivity index (χ4v) is 3.38. The zero-order chi connectivity index (χ0) is 21.2. The number of nitrogens with zero attached hydrogens (tertiary/aromatic N) is 2. The number of pyridine rings is 2. The molecule has 1 aliphatic rings. The van der Waals surface area contributed by atoms with E-state index in [1.54, 1.807) is 7.11 Å². The van der Waals surface area contributed by atoms with E-state index in [9.17, 15) is 0 Å². The van der Waals surface area contributed by atoms with Crippen molar-refractivity contribution in [2.24, 2.45) is 11.3 Å². The molecule has 0 atom stereocenters. The third kappa shape index (κ3) is 4.78. The number of ether oxygens (including phenoxy) is 1. The van der Waals surface area contributed by atoms with Crippen LogP contribution in [0.3, 0.4) is 0 Å². The van der Waals surface area contributed by atoms with Crippen LogP contribution in [0.25, 0.3) is 11.1 Å². The van der Waals surface area contributed by atoms with Gasteiger partial charge in [0.25, 0.3) is 0 Å². The molecule has 0 unspecified atom stereocenters. The maximum Gasteiger partial charge on any atom is 0.166 e. The number of anilines is 2. The van der Waals surface area contributed by atoms with Gasteiger partial charge in [-0.2, -0.15) is 0 Å². The van der Waals surface area contributed by atoms with Crippen molar-refractivity contribution >= 4 is 22.8 Å². The molecule has 5 nitrogen and oxygen atoms in total. The van der Waals surface area contributed by atoms with E-state index in [1.807, 2.05) is 18.5 Å². The first-order valence-electron chi connectivity index (χ1n) is 10.1. The standard InChI is InChI=1S/C24H32N4O/c1-15(2)13-27-22-10-16(7-8-26-22)19-11-18(24(3,4)5)12-20(19)17-9-21(29-6)23(25)28-14-17/h7-11,14-15H,12-13H2,1-6H3,(H2,25,28)(H,26,27). The average molecular weight is 393 g/mol. The normalized spacial score (nSPS) is 14.4. The first kappa shape index (κ1) is 20.9. The minimum Gasteiger partial charge on any atom is -0.493 e. The zero-order valence-corrected chi connectivity index (χ0v) is 18.3. The molecule has 3 rings (SSSR count). The van der Waals surface area contributed by atoms with Crippen molar-refractivity contribution in [1.29, 1.82) is 0 Å². The monoisotopic (exact) mass is 392 g/mol. The highest BCUT2D eigenvalue weighted by Crippen LogP contribution is 2.45. The van der Waals surface area contributed by atoms with Gasteiger partial charge in [0.05, 0.1) is 7.11 Å².